The first kappa shape index (κ1) is 27.3. The molecule has 1 amide bonds. The van der Waals surface area contributed by atoms with Crippen LogP contribution in [0.4, 0.5) is 10.1 Å². The average molecular weight is 543 g/mol. The number of anilines is 1. The topological polar surface area (TPSA) is 94.2 Å². The lowest BCUT2D eigenvalue weighted by atomic mass is 9.89. The van der Waals surface area contributed by atoms with E-state index in [1.54, 1.807) is 49.6 Å². The first-order chi connectivity index (χ1) is 18.0. The summed E-state index contributed by atoms with van der Waals surface area (Å²) in [6, 6.07) is 15.8. The molecular weight excluding hydrogens is 511 g/mol. The highest BCUT2D eigenvalue weighted by molar-refractivity contribution is 7.92. The minimum absolute atomic E-state index is 0.136. The van der Waals surface area contributed by atoms with Crippen molar-refractivity contribution in [3.63, 3.8) is 0 Å². The summed E-state index contributed by atoms with van der Waals surface area (Å²) in [6.07, 6.45) is 0.465. The fourth-order valence-corrected chi connectivity index (χ4v) is 5.80. The Balaban J connectivity index is 1.65. The molecule has 1 heterocycles. The predicted molar refractivity (Wildman–Crippen MR) is 142 cm³/mol. The molecule has 10 heteroatoms. The van der Waals surface area contributed by atoms with E-state index in [4.69, 9.17) is 14.2 Å². The summed E-state index contributed by atoms with van der Waals surface area (Å²) in [5, 5.41) is 2.98. The van der Waals surface area contributed by atoms with Gasteiger partial charge >= 0.3 is 0 Å². The fraction of sp³-hybridized carbons (Fsp3) is 0.321. The fourth-order valence-electron chi connectivity index (χ4n) is 4.38. The van der Waals surface area contributed by atoms with Crippen LogP contribution in [0.2, 0.25) is 0 Å². The lowest BCUT2D eigenvalue weighted by molar-refractivity contribution is -0.120. The lowest BCUT2D eigenvalue weighted by Gasteiger charge is -2.38. The summed E-state index contributed by atoms with van der Waals surface area (Å²) >= 11 is 0. The van der Waals surface area contributed by atoms with E-state index in [1.165, 1.54) is 12.1 Å². The smallest absolute Gasteiger partial charge is 0.264 e. The molecule has 0 spiro atoms. The van der Waals surface area contributed by atoms with Gasteiger partial charge < -0.3 is 19.5 Å². The summed E-state index contributed by atoms with van der Waals surface area (Å²) in [5.41, 5.74) is 0.447. The zero-order valence-corrected chi connectivity index (χ0v) is 22.5. The molecule has 0 radical (unpaired) electrons. The van der Waals surface area contributed by atoms with Crippen molar-refractivity contribution >= 4 is 21.6 Å². The second-order valence-electron chi connectivity index (χ2n) is 9.48. The molecule has 38 heavy (non-hydrogen) atoms. The number of halogens is 1. The van der Waals surface area contributed by atoms with E-state index in [0.29, 0.717) is 30.3 Å². The molecule has 1 aliphatic heterocycles. The number of rotatable bonds is 9. The molecule has 0 saturated heterocycles. The molecule has 0 saturated carbocycles. The van der Waals surface area contributed by atoms with Gasteiger partial charge in [0, 0.05) is 12.0 Å². The van der Waals surface area contributed by atoms with Gasteiger partial charge in [-0.15, -0.1) is 0 Å². The van der Waals surface area contributed by atoms with E-state index in [9.17, 15) is 17.6 Å². The Kier molecular flexibility index (Phi) is 7.82. The number of ether oxygens (including phenoxy) is 3. The van der Waals surface area contributed by atoms with Crippen LogP contribution >= 0.6 is 0 Å². The van der Waals surface area contributed by atoms with Crippen LogP contribution in [0.3, 0.4) is 0 Å². The molecule has 4 rings (SSSR count). The Hall–Kier alpha value is -3.79. The Bertz CT molecular complexity index is 1390. The molecule has 3 aromatic rings. The van der Waals surface area contributed by atoms with Crippen molar-refractivity contribution in [3.05, 3.63) is 78.1 Å². The number of hydrogen-bond acceptors (Lipinski definition) is 6. The first-order valence-electron chi connectivity index (χ1n) is 12.2. The van der Waals surface area contributed by atoms with E-state index in [0.717, 1.165) is 22.0 Å². The van der Waals surface area contributed by atoms with Crippen molar-refractivity contribution in [2.24, 2.45) is 0 Å². The number of carbonyl (C=O) groups is 1. The van der Waals surface area contributed by atoms with Gasteiger partial charge in [0.05, 0.1) is 30.3 Å². The normalized spacial score (nSPS) is 16.1. The molecule has 8 nitrogen and oxygen atoms in total. The zero-order valence-electron chi connectivity index (χ0n) is 21.7. The first-order valence-corrected chi connectivity index (χ1v) is 13.6. The largest absolute Gasteiger partial charge is 0.497 e. The van der Waals surface area contributed by atoms with Gasteiger partial charge in [0.25, 0.3) is 10.0 Å². The van der Waals surface area contributed by atoms with E-state index in [1.807, 2.05) is 20.8 Å². The molecular formula is C28H31FN2O6S. The van der Waals surface area contributed by atoms with Crippen LogP contribution in [0.5, 0.6) is 17.2 Å². The number of benzene rings is 3. The molecule has 1 N–H and O–H groups in total. The SMILES string of the molecule is CCOc1ccc(N(CC(=O)NC2CC(C)(C)Oc3ccc(OC)cc32)S(=O)(=O)c2ccc(F)cc2)cc1. The summed E-state index contributed by atoms with van der Waals surface area (Å²) in [4.78, 5) is 13.3. The van der Waals surface area contributed by atoms with Crippen molar-refractivity contribution in [1.29, 1.82) is 0 Å². The quantitative estimate of drug-likeness (QED) is 0.416. The molecule has 3 aromatic carbocycles. The van der Waals surface area contributed by atoms with Crippen LogP contribution in [-0.4, -0.2) is 40.2 Å². The second kappa shape index (κ2) is 10.9. The highest BCUT2D eigenvalue weighted by Gasteiger charge is 2.36. The maximum Gasteiger partial charge on any atom is 0.264 e. The standard InChI is InChI=1S/C28H31FN2O6S/c1-5-36-21-10-8-20(9-11-21)31(38(33,34)23-13-6-19(29)7-14-23)18-27(32)30-25-17-28(2,3)37-26-15-12-22(35-4)16-24(25)26/h6-16,25H,5,17-18H2,1-4H3,(H,30,32). The van der Waals surface area contributed by atoms with Gasteiger partial charge in [0.2, 0.25) is 5.91 Å². The molecule has 1 aliphatic rings. The van der Waals surface area contributed by atoms with Crippen molar-refractivity contribution in [1.82, 2.24) is 5.32 Å². The lowest BCUT2D eigenvalue weighted by Crippen LogP contribution is -2.45. The molecule has 0 aliphatic carbocycles. The van der Waals surface area contributed by atoms with Gasteiger partial charge in [-0.3, -0.25) is 9.10 Å². The van der Waals surface area contributed by atoms with Gasteiger partial charge in [0.15, 0.2) is 0 Å². The van der Waals surface area contributed by atoms with Crippen LogP contribution in [-0.2, 0) is 14.8 Å². The Labute approximate surface area is 222 Å². The van der Waals surface area contributed by atoms with Gasteiger partial charge in [-0.05, 0) is 87.5 Å². The van der Waals surface area contributed by atoms with E-state index in [2.05, 4.69) is 5.32 Å². The number of fused-ring (bicyclic) bond motifs is 1. The third-order valence-electron chi connectivity index (χ3n) is 6.13. The number of amides is 1. The van der Waals surface area contributed by atoms with Gasteiger partial charge in [-0.2, -0.15) is 0 Å². The Morgan fingerprint density at radius 1 is 1.08 bits per heavy atom. The number of sulfonamides is 1. The zero-order chi connectivity index (χ0) is 27.5. The molecule has 0 bridgehead atoms. The van der Waals surface area contributed by atoms with E-state index in [-0.39, 0.29) is 10.6 Å². The number of nitrogens with one attached hydrogen (secondary N) is 1. The Morgan fingerprint density at radius 3 is 2.37 bits per heavy atom. The summed E-state index contributed by atoms with van der Waals surface area (Å²) < 4.78 is 58.7. The molecule has 0 fully saturated rings. The van der Waals surface area contributed by atoms with E-state index >= 15 is 0 Å². The maximum atomic E-state index is 13.6. The van der Waals surface area contributed by atoms with Crippen LogP contribution in [0.1, 0.15) is 38.8 Å². The number of nitrogens with zero attached hydrogens (tertiary/aromatic N) is 1. The molecule has 1 unspecified atom stereocenters. The second-order valence-corrected chi connectivity index (χ2v) is 11.3. The number of methoxy groups -OCH3 is 1. The van der Waals surface area contributed by atoms with Crippen LogP contribution in [0.15, 0.2) is 71.6 Å². The summed E-state index contributed by atoms with van der Waals surface area (Å²) in [7, 11) is -2.65. The third kappa shape index (κ3) is 6.02. The molecule has 202 valence electrons. The molecule has 1 atom stereocenters. The van der Waals surface area contributed by atoms with E-state index < -0.39 is 39.9 Å². The minimum Gasteiger partial charge on any atom is -0.497 e. The maximum absolute atomic E-state index is 13.6. The number of carbonyl (C=O) groups excluding carboxylic acids is 1. The van der Waals surface area contributed by atoms with Gasteiger partial charge in [-0.1, -0.05) is 0 Å². The third-order valence-corrected chi connectivity index (χ3v) is 7.92. The van der Waals surface area contributed by atoms with Crippen molar-refractivity contribution in [2.45, 2.75) is 43.7 Å². The van der Waals surface area contributed by atoms with Crippen LogP contribution < -0.4 is 23.8 Å². The monoisotopic (exact) mass is 542 g/mol. The van der Waals surface area contributed by atoms with Crippen LogP contribution in [0, 0.1) is 5.82 Å². The van der Waals surface area contributed by atoms with Gasteiger partial charge in [0.1, 0.15) is 35.2 Å². The van der Waals surface area contributed by atoms with Gasteiger partial charge in [-0.25, -0.2) is 12.8 Å². The predicted octanol–water partition coefficient (Wildman–Crippen LogP) is 4.85. The van der Waals surface area contributed by atoms with Crippen LogP contribution in [0.25, 0.3) is 0 Å². The average Bonchev–Trinajstić information content (AvgIpc) is 2.87. The molecule has 0 aromatic heterocycles. The Morgan fingerprint density at radius 2 is 1.74 bits per heavy atom. The minimum atomic E-state index is -4.21. The highest BCUT2D eigenvalue weighted by Crippen LogP contribution is 2.41. The number of hydrogen-bond donors (Lipinski definition) is 1. The summed E-state index contributed by atoms with van der Waals surface area (Å²) in [5.74, 6) is 0.720. The van der Waals surface area contributed by atoms with Crippen molar-refractivity contribution in [2.75, 3.05) is 24.6 Å². The van der Waals surface area contributed by atoms with Crippen molar-refractivity contribution in [3.8, 4) is 17.2 Å². The highest BCUT2D eigenvalue weighted by atomic mass is 32.2. The van der Waals surface area contributed by atoms with Crippen molar-refractivity contribution < 1.29 is 31.8 Å². The summed E-state index contributed by atoms with van der Waals surface area (Å²) in [6.45, 7) is 5.64.